The Morgan fingerprint density at radius 1 is 1.26 bits per heavy atom. The molecule has 3 rings (SSSR count). The third kappa shape index (κ3) is 4.79. The van der Waals surface area contributed by atoms with Gasteiger partial charge in [0.05, 0.1) is 12.5 Å². The smallest absolute Gasteiger partial charge is 0.240 e. The Morgan fingerprint density at radius 2 is 2.04 bits per heavy atom. The molecule has 2 fully saturated rings. The number of nitrogens with one attached hydrogen (secondary N) is 2. The zero-order chi connectivity index (χ0) is 16.1. The van der Waals surface area contributed by atoms with Crippen LogP contribution in [0.4, 0.5) is 0 Å². The Labute approximate surface area is 137 Å². The molecule has 1 saturated heterocycles. The number of rotatable bonds is 7. The molecule has 1 unspecified atom stereocenters. The van der Waals surface area contributed by atoms with Crippen molar-refractivity contribution in [1.29, 1.82) is 0 Å². The van der Waals surface area contributed by atoms with Gasteiger partial charge in [-0.3, -0.25) is 9.59 Å². The Morgan fingerprint density at radius 3 is 2.78 bits per heavy atom. The van der Waals surface area contributed by atoms with Crippen LogP contribution in [-0.4, -0.2) is 48.4 Å². The second-order valence-corrected chi connectivity index (χ2v) is 6.47. The average Bonchev–Trinajstić information content (AvgIpc) is 3.36. The maximum absolute atomic E-state index is 12.5. The summed E-state index contributed by atoms with van der Waals surface area (Å²) in [6.07, 6.45) is 4.33. The normalized spacial score (nSPS) is 21.3. The molecule has 2 aliphatic rings. The molecule has 0 bridgehead atoms. The van der Waals surface area contributed by atoms with Gasteiger partial charge >= 0.3 is 0 Å². The van der Waals surface area contributed by atoms with E-state index in [9.17, 15) is 9.59 Å². The zero-order valence-corrected chi connectivity index (χ0v) is 13.5. The molecule has 1 aliphatic heterocycles. The number of aryl methyl sites for hydroxylation is 1. The number of nitrogens with zero attached hydrogens (tertiary/aromatic N) is 1. The second-order valence-electron chi connectivity index (χ2n) is 6.47. The monoisotopic (exact) mass is 315 g/mol. The highest BCUT2D eigenvalue weighted by molar-refractivity contribution is 5.89. The van der Waals surface area contributed by atoms with Crippen LogP contribution in [0.2, 0.25) is 0 Å². The fourth-order valence-corrected chi connectivity index (χ4v) is 2.99. The van der Waals surface area contributed by atoms with Crippen molar-refractivity contribution in [2.45, 2.75) is 44.2 Å². The highest BCUT2D eigenvalue weighted by atomic mass is 16.2. The third-order valence-corrected chi connectivity index (χ3v) is 4.45. The van der Waals surface area contributed by atoms with E-state index in [4.69, 9.17) is 0 Å². The first-order chi connectivity index (χ1) is 11.2. The lowest BCUT2D eigenvalue weighted by molar-refractivity contribution is -0.138. The van der Waals surface area contributed by atoms with Gasteiger partial charge in [0.2, 0.25) is 11.8 Å². The van der Waals surface area contributed by atoms with Crippen LogP contribution in [0.1, 0.15) is 31.2 Å². The highest BCUT2D eigenvalue weighted by Gasteiger charge is 2.31. The molecule has 0 radical (unpaired) electrons. The lowest BCUT2D eigenvalue weighted by Gasteiger charge is -2.33. The van der Waals surface area contributed by atoms with Gasteiger partial charge < -0.3 is 15.5 Å². The largest absolute Gasteiger partial charge is 0.353 e. The van der Waals surface area contributed by atoms with E-state index in [-0.39, 0.29) is 24.3 Å². The van der Waals surface area contributed by atoms with E-state index in [0.717, 1.165) is 45.3 Å². The summed E-state index contributed by atoms with van der Waals surface area (Å²) in [5, 5.41) is 6.13. The summed E-state index contributed by atoms with van der Waals surface area (Å²) in [7, 11) is 0. The van der Waals surface area contributed by atoms with Crippen molar-refractivity contribution >= 4 is 11.8 Å². The number of carbonyl (C=O) groups is 2. The van der Waals surface area contributed by atoms with Crippen LogP contribution in [0.25, 0.3) is 0 Å². The predicted molar refractivity (Wildman–Crippen MR) is 88.9 cm³/mol. The molecule has 124 valence electrons. The number of amides is 2. The van der Waals surface area contributed by atoms with E-state index in [0.29, 0.717) is 6.04 Å². The van der Waals surface area contributed by atoms with Gasteiger partial charge in [-0.25, -0.2) is 0 Å². The second kappa shape index (κ2) is 7.59. The van der Waals surface area contributed by atoms with Gasteiger partial charge in [-0.2, -0.15) is 0 Å². The molecule has 23 heavy (non-hydrogen) atoms. The van der Waals surface area contributed by atoms with Gasteiger partial charge in [0.15, 0.2) is 0 Å². The molecule has 1 heterocycles. The lowest BCUT2D eigenvalue weighted by Crippen LogP contribution is -2.56. The Hall–Kier alpha value is -1.88. The van der Waals surface area contributed by atoms with E-state index in [1.807, 2.05) is 23.1 Å². The summed E-state index contributed by atoms with van der Waals surface area (Å²) in [4.78, 5) is 26.3. The SMILES string of the molecule is O=C(CC1NCCN(CCCc2ccccc2)C1=O)NC1CC1. The first-order valence-corrected chi connectivity index (χ1v) is 8.58. The number of hydrogen-bond donors (Lipinski definition) is 2. The van der Waals surface area contributed by atoms with Crippen LogP contribution in [-0.2, 0) is 16.0 Å². The van der Waals surface area contributed by atoms with Crippen molar-refractivity contribution in [2.24, 2.45) is 0 Å². The first kappa shape index (κ1) is 16.0. The number of hydrogen-bond acceptors (Lipinski definition) is 3. The van der Waals surface area contributed by atoms with Crippen molar-refractivity contribution < 1.29 is 9.59 Å². The van der Waals surface area contributed by atoms with Crippen molar-refractivity contribution in [3.63, 3.8) is 0 Å². The lowest BCUT2D eigenvalue weighted by atomic mass is 10.1. The van der Waals surface area contributed by atoms with Crippen LogP contribution in [0.15, 0.2) is 30.3 Å². The molecule has 1 aromatic rings. The molecule has 5 heteroatoms. The molecular weight excluding hydrogens is 290 g/mol. The first-order valence-electron chi connectivity index (χ1n) is 8.58. The van der Waals surface area contributed by atoms with E-state index in [1.165, 1.54) is 5.56 Å². The predicted octanol–water partition coefficient (Wildman–Crippen LogP) is 1.09. The van der Waals surface area contributed by atoms with Crippen molar-refractivity contribution in [3.05, 3.63) is 35.9 Å². The van der Waals surface area contributed by atoms with Gasteiger partial charge in [-0.1, -0.05) is 30.3 Å². The molecule has 1 atom stereocenters. The Bertz CT molecular complexity index is 542. The van der Waals surface area contributed by atoms with E-state index >= 15 is 0 Å². The minimum Gasteiger partial charge on any atom is -0.353 e. The van der Waals surface area contributed by atoms with Crippen molar-refractivity contribution in [1.82, 2.24) is 15.5 Å². The summed E-state index contributed by atoms with van der Waals surface area (Å²) < 4.78 is 0. The average molecular weight is 315 g/mol. The fraction of sp³-hybridized carbons (Fsp3) is 0.556. The van der Waals surface area contributed by atoms with Crippen molar-refractivity contribution in [2.75, 3.05) is 19.6 Å². The van der Waals surface area contributed by atoms with Crippen LogP contribution >= 0.6 is 0 Å². The number of carbonyl (C=O) groups excluding carboxylic acids is 2. The topological polar surface area (TPSA) is 61.4 Å². The third-order valence-electron chi connectivity index (χ3n) is 4.45. The van der Waals surface area contributed by atoms with Crippen LogP contribution < -0.4 is 10.6 Å². The number of piperazine rings is 1. The molecule has 1 saturated carbocycles. The number of benzene rings is 1. The van der Waals surface area contributed by atoms with Gasteiger partial charge in [0, 0.05) is 25.7 Å². The summed E-state index contributed by atoms with van der Waals surface area (Å²) in [6, 6.07) is 10.3. The molecule has 2 N–H and O–H groups in total. The highest BCUT2D eigenvalue weighted by Crippen LogP contribution is 2.19. The summed E-state index contributed by atoms with van der Waals surface area (Å²) >= 11 is 0. The van der Waals surface area contributed by atoms with E-state index in [2.05, 4.69) is 22.8 Å². The molecule has 5 nitrogen and oxygen atoms in total. The van der Waals surface area contributed by atoms with Crippen LogP contribution in [0, 0.1) is 0 Å². The molecule has 0 spiro atoms. The maximum atomic E-state index is 12.5. The Kier molecular flexibility index (Phi) is 5.28. The van der Waals surface area contributed by atoms with Gasteiger partial charge in [0.1, 0.15) is 0 Å². The van der Waals surface area contributed by atoms with Crippen LogP contribution in [0.5, 0.6) is 0 Å². The Balaban J connectivity index is 1.43. The summed E-state index contributed by atoms with van der Waals surface area (Å²) in [6.45, 7) is 2.25. The van der Waals surface area contributed by atoms with E-state index < -0.39 is 0 Å². The van der Waals surface area contributed by atoms with Gasteiger partial charge in [-0.15, -0.1) is 0 Å². The standard InChI is InChI=1S/C18H25N3O2/c22-17(20-15-8-9-15)13-16-18(23)21(12-10-19-16)11-4-7-14-5-2-1-3-6-14/h1-3,5-6,15-16,19H,4,7-13H2,(H,20,22). The van der Waals surface area contributed by atoms with Gasteiger partial charge in [0.25, 0.3) is 0 Å². The maximum Gasteiger partial charge on any atom is 0.240 e. The summed E-state index contributed by atoms with van der Waals surface area (Å²) in [5.74, 6) is 0.0553. The fourth-order valence-electron chi connectivity index (χ4n) is 2.99. The molecule has 2 amide bonds. The minimum absolute atomic E-state index is 0.00974. The van der Waals surface area contributed by atoms with E-state index in [1.54, 1.807) is 0 Å². The zero-order valence-electron chi connectivity index (χ0n) is 13.5. The minimum atomic E-state index is -0.362. The van der Waals surface area contributed by atoms with Crippen LogP contribution in [0.3, 0.4) is 0 Å². The molecule has 1 aliphatic carbocycles. The summed E-state index contributed by atoms with van der Waals surface area (Å²) in [5.41, 5.74) is 1.30. The van der Waals surface area contributed by atoms with Crippen molar-refractivity contribution in [3.8, 4) is 0 Å². The van der Waals surface area contributed by atoms with Gasteiger partial charge in [-0.05, 0) is 31.2 Å². The molecule has 0 aromatic heterocycles. The molecular formula is C18H25N3O2. The quantitative estimate of drug-likeness (QED) is 0.792. The molecule has 1 aromatic carbocycles.